The van der Waals surface area contributed by atoms with E-state index in [1.807, 2.05) is 0 Å². The third-order valence-electron chi connectivity index (χ3n) is 5.38. The summed E-state index contributed by atoms with van der Waals surface area (Å²) in [6, 6.07) is 9.04. The van der Waals surface area contributed by atoms with Gasteiger partial charge in [-0.2, -0.15) is 0 Å². The van der Waals surface area contributed by atoms with Crippen LogP contribution in [-0.4, -0.2) is 31.6 Å². The number of benzene rings is 1. The second kappa shape index (κ2) is 8.13. The van der Waals surface area contributed by atoms with Gasteiger partial charge in [-0.3, -0.25) is 4.79 Å². The van der Waals surface area contributed by atoms with Gasteiger partial charge < -0.3 is 15.4 Å². The molecule has 0 aromatic heterocycles. The summed E-state index contributed by atoms with van der Waals surface area (Å²) in [7, 11) is 0. The van der Waals surface area contributed by atoms with E-state index in [1.54, 1.807) is 0 Å². The molecule has 0 aliphatic carbocycles. The Morgan fingerprint density at radius 2 is 2.08 bits per heavy atom. The number of hydrogen-bond donors (Lipinski definition) is 2. The summed E-state index contributed by atoms with van der Waals surface area (Å²) in [5.74, 6) is 0.740. The first-order valence-electron chi connectivity index (χ1n) is 9.32. The number of rotatable bonds is 4. The number of ether oxygens (including phenoxy) is 1. The van der Waals surface area contributed by atoms with Gasteiger partial charge in [0, 0.05) is 31.0 Å². The van der Waals surface area contributed by atoms with Gasteiger partial charge in [0.2, 0.25) is 5.91 Å². The van der Waals surface area contributed by atoms with Crippen LogP contribution >= 0.6 is 0 Å². The second-order valence-electron chi connectivity index (χ2n) is 7.43. The molecular weight excluding hydrogens is 300 g/mol. The number of piperidine rings is 1. The van der Waals surface area contributed by atoms with Gasteiger partial charge in [0.1, 0.15) is 0 Å². The fourth-order valence-electron chi connectivity index (χ4n) is 3.92. The standard InChI is InChI=1S/C20H30N2O2/c1-14-5-7-16(8-6-14)19-18(4-3-11-24-19)13-22-20(23)17-9-10-21-15(2)12-17/h5-8,15,17-19,21H,3-4,9-13H2,1-2H3,(H,22,23)/t15-,17-,18?,19?/m0/s1. The van der Waals surface area contributed by atoms with Crippen LogP contribution in [-0.2, 0) is 9.53 Å². The molecule has 0 spiro atoms. The molecule has 2 aliphatic rings. The van der Waals surface area contributed by atoms with Crippen LogP contribution in [0.2, 0.25) is 0 Å². The van der Waals surface area contributed by atoms with Crippen molar-refractivity contribution in [3.63, 3.8) is 0 Å². The largest absolute Gasteiger partial charge is 0.373 e. The zero-order chi connectivity index (χ0) is 16.9. The highest BCUT2D eigenvalue weighted by molar-refractivity contribution is 5.78. The molecule has 24 heavy (non-hydrogen) atoms. The second-order valence-corrected chi connectivity index (χ2v) is 7.43. The number of aryl methyl sites for hydroxylation is 1. The molecule has 2 aliphatic heterocycles. The Hall–Kier alpha value is -1.39. The van der Waals surface area contributed by atoms with Crippen molar-refractivity contribution in [2.24, 2.45) is 11.8 Å². The van der Waals surface area contributed by atoms with Crippen molar-refractivity contribution in [2.75, 3.05) is 19.7 Å². The van der Waals surface area contributed by atoms with Crippen molar-refractivity contribution in [3.8, 4) is 0 Å². The van der Waals surface area contributed by atoms with E-state index < -0.39 is 0 Å². The monoisotopic (exact) mass is 330 g/mol. The van der Waals surface area contributed by atoms with Gasteiger partial charge in [-0.1, -0.05) is 29.8 Å². The van der Waals surface area contributed by atoms with Crippen molar-refractivity contribution in [1.29, 1.82) is 0 Å². The molecule has 2 fully saturated rings. The molecule has 4 heteroatoms. The minimum atomic E-state index is 0.103. The molecule has 4 nitrogen and oxygen atoms in total. The Morgan fingerprint density at radius 3 is 2.83 bits per heavy atom. The van der Waals surface area contributed by atoms with E-state index in [2.05, 4.69) is 48.7 Å². The van der Waals surface area contributed by atoms with Crippen LogP contribution in [0.1, 0.15) is 49.8 Å². The number of amides is 1. The highest BCUT2D eigenvalue weighted by Crippen LogP contribution is 2.33. The third-order valence-corrected chi connectivity index (χ3v) is 5.38. The van der Waals surface area contributed by atoms with Crippen molar-refractivity contribution < 1.29 is 9.53 Å². The van der Waals surface area contributed by atoms with Gasteiger partial charge in [0.15, 0.2) is 0 Å². The fraction of sp³-hybridized carbons (Fsp3) is 0.650. The predicted octanol–water partition coefficient (Wildman–Crippen LogP) is 2.97. The van der Waals surface area contributed by atoms with Gasteiger partial charge in [-0.25, -0.2) is 0 Å². The van der Waals surface area contributed by atoms with E-state index in [0.717, 1.165) is 45.4 Å². The lowest BCUT2D eigenvalue weighted by atomic mass is 9.88. The highest BCUT2D eigenvalue weighted by atomic mass is 16.5. The van der Waals surface area contributed by atoms with E-state index in [-0.39, 0.29) is 17.9 Å². The first kappa shape index (κ1) is 17.4. The lowest BCUT2D eigenvalue weighted by Gasteiger charge is -2.33. The lowest BCUT2D eigenvalue weighted by Crippen LogP contribution is -2.44. The summed E-state index contributed by atoms with van der Waals surface area (Å²) in [4.78, 5) is 12.5. The highest BCUT2D eigenvalue weighted by Gasteiger charge is 2.29. The Morgan fingerprint density at radius 1 is 1.29 bits per heavy atom. The van der Waals surface area contributed by atoms with Crippen LogP contribution in [0.25, 0.3) is 0 Å². The van der Waals surface area contributed by atoms with E-state index in [0.29, 0.717) is 12.0 Å². The first-order valence-corrected chi connectivity index (χ1v) is 9.32. The van der Waals surface area contributed by atoms with E-state index in [4.69, 9.17) is 4.74 Å². The van der Waals surface area contributed by atoms with Gasteiger partial charge >= 0.3 is 0 Å². The summed E-state index contributed by atoms with van der Waals surface area (Å²) in [6.07, 6.45) is 4.17. The number of nitrogens with one attached hydrogen (secondary N) is 2. The van der Waals surface area contributed by atoms with E-state index in [1.165, 1.54) is 11.1 Å². The van der Waals surface area contributed by atoms with Crippen molar-refractivity contribution in [2.45, 2.75) is 51.7 Å². The summed E-state index contributed by atoms with van der Waals surface area (Å²) >= 11 is 0. The summed E-state index contributed by atoms with van der Waals surface area (Å²) in [5, 5.41) is 6.61. The Labute approximate surface area is 145 Å². The molecule has 2 saturated heterocycles. The normalized spacial score (nSPS) is 30.8. The van der Waals surface area contributed by atoms with Gasteiger partial charge in [-0.05, 0) is 51.6 Å². The maximum absolute atomic E-state index is 12.5. The zero-order valence-corrected chi connectivity index (χ0v) is 14.9. The summed E-state index contributed by atoms with van der Waals surface area (Å²) in [5.41, 5.74) is 2.49. The SMILES string of the molecule is Cc1ccc(C2OCCCC2CNC(=O)[C@H]2CCN[C@@H](C)C2)cc1. The molecule has 0 radical (unpaired) electrons. The third kappa shape index (κ3) is 4.37. The molecule has 3 rings (SSSR count). The zero-order valence-electron chi connectivity index (χ0n) is 14.9. The summed E-state index contributed by atoms with van der Waals surface area (Å²) < 4.78 is 6.05. The minimum absolute atomic E-state index is 0.103. The molecule has 4 atom stereocenters. The minimum Gasteiger partial charge on any atom is -0.373 e. The van der Waals surface area contributed by atoms with Crippen LogP contribution in [0.15, 0.2) is 24.3 Å². The van der Waals surface area contributed by atoms with Crippen LogP contribution in [0, 0.1) is 18.8 Å². The smallest absolute Gasteiger partial charge is 0.223 e. The van der Waals surface area contributed by atoms with Gasteiger partial charge in [0.25, 0.3) is 0 Å². The van der Waals surface area contributed by atoms with E-state index in [9.17, 15) is 4.79 Å². The predicted molar refractivity (Wildman–Crippen MR) is 95.8 cm³/mol. The molecule has 1 aromatic rings. The van der Waals surface area contributed by atoms with Gasteiger partial charge in [0.05, 0.1) is 6.10 Å². The molecule has 2 N–H and O–H groups in total. The molecule has 0 bridgehead atoms. The maximum atomic E-state index is 12.5. The van der Waals surface area contributed by atoms with Crippen molar-refractivity contribution >= 4 is 5.91 Å². The average Bonchev–Trinajstić information content (AvgIpc) is 2.61. The average molecular weight is 330 g/mol. The molecule has 1 amide bonds. The van der Waals surface area contributed by atoms with E-state index >= 15 is 0 Å². The quantitative estimate of drug-likeness (QED) is 0.892. The molecule has 0 saturated carbocycles. The van der Waals surface area contributed by atoms with Crippen LogP contribution < -0.4 is 10.6 Å². The fourth-order valence-corrected chi connectivity index (χ4v) is 3.92. The molecule has 2 heterocycles. The number of carbonyl (C=O) groups excluding carboxylic acids is 1. The lowest BCUT2D eigenvalue weighted by molar-refractivity contribution is -0.126. The maximum Gasteiger partial charge on any atom is 0.223 e. The van der Waals surface area contributed by atoms with Crippen LogP contribution in [0.4, 0.5) is 0 Å². The number of hydrogen-bond acceptors (Lipinski definition) is 3. The van der Waals surface area contributed by atoms with Crippen molar-refractivity contribution in [3.05, 3.63) is 35.4 Å². The molecule has 2 unspecified atom stereocenters. The number of carbonyl (C=O) groups is 1. The Bertz CT molecular complexity index is 543. The Balaban J connectivity index is 1.57. The van der Waals surface area contributed by atoms with Gasteiger partial charge in [-0.15, -0.1) is 0 Å². The molecular formula is C20H30N2O2. The topological polar surface area (TPSA) is 50.4 Å². The Kier molecular flexibility index (Phi) is 5.90. The molecule has 132 valence electrons. The van der Waals surface area contributed by atoms with Crippen LogP contribution in [0.3, 0.4) is 0 Å². The first-order chi connectivity index (χ1) is 11.6. The van der Waals surface area contributed by atoms with Crippen LogP contribution in [0.5, 0.6) is 0 Å². The summed E-state index contributed by atoms with van der Waals surface area (Å²) in [6.45, 7) is 6.73. The molecule has 1 aromatic carbocycles. The van der Waals surface area contributed by atoms with Crippen molar-refractivity contribution in [1.82, 2.24) is 10.6 Å².